The van der Waals surface area contributed by atoms with E-state index in [0.29, 0.717) is 34.1 Å². The second-order valence-electron chi connectivity index (χ2n) is 9.59. The van der Waals surface area contributed by atoms with Crippen LogP contribution in [0.1, 0.15) is 29.3 Å². The molecule has 0 N–H and O–H groups in total. The van der Waals surface area contributed by atoms with Crippen LogP contribution < -0.4 is 4.31 Å². The van der Waals surface area contributed by atoms with E-state index >= 15 is 0 Å². The molecule has 0 saturated carbocycles. The molecule has 2 heterocycles. The van der Waals surface area contributed by atoms with Gasteiger partial charge in [0.25, 0.3) is 10.0 Å². The highest BCUT2D eigenvalue weighted by Gasteiger charge is 2.30. The number of anilines is 1. The number of para-hydroxylation sites is 1. The molecule has 9 heteroatoms. The maximum atomic E-state index is 14.1. The van der Waals surface area contributed by atoms with Crippen LogP contribution in [-0.2, 0) is 32.4 Å². The molecule has 2 aromatic heterocycles. The van der Waals surface area contributed by atoms with E-state index in [4.69, 9.17) is 15.0 Å². The van der Waals surface area contributed by atoms with Gasteiger partial charge in [-0.25, -0.2) is 8.42 Å². The number of benzene rings is 3. The van der Waals surface area contributed by atoms with E-state index in [1.54, 1.807) is 61.7 Å². The molecule has 0 unspecified atom stereocenters. The average molecular weight is 565 g/mol. The van der Waals surface area contributed by atoms with Crippen molar-refractivity contribution in [3.8, 4) is 6.07 Å². The van der Waals surface area contributed by atoms with Crippen LogP contribution in [0.3, 0.4) is 0 Å². The normalized spacial score (nSPS) is 11.3. The molecule has 5 rings (SSSR count). The molecule has 5 aromatic rings. The maximum Gasteiger partial charge on any atom is 0.326 e. The first-order valence-electron chi connectivity index (χ1n) is 13.2. The minimum atomic E-state index is -4.22. The molecular weight excluding hydrogens is 536 g/mol. The number of nitrogens with zero attached hydrogens (tertiary/aromatic N) is 4. The van der Waals surface area contributed by atoms with Crippen molar-refractivity contribution in [2.24, 2.45) is 0 Å². The van der Waals surface area contributed by atoms with Crippen LogP contribution >= 0.6 is 0 Å². The molecule has 0 bridgehead atoms. The lowest BCUT2D eigenvalue weighted by atomic mass is 10.0. The van der Waals surface area contributed by atoms with Crippen molar-refractivity contribution < 1.29 is 17.9 Å². The molecule has 0 aliphatic rings. The molecule has 41 heavy (non-hydrogen) atoms. The van der Waals surface area contributed by atoms with Gasteiger partial charge in [-0.05, 0) is 80.3 Å². The smallest absolute Gasteiger partial charge is 0.326 e. The van der Waals surface area contributed by atoms with E-state index < -0.39 is 22.5 Å². The first-order valence-corrected chi connectivity index (χ1v) is 14.7. The fraction of sp³-hybridized carbons (Fsp3) is 0.188. The summed E-state index contributed by atoms with van der Waals surface area (Å²) >= 11 is 0. The number of hydrogen-bond acceptors (Lipinski definition) is 7. The molecular formula is C32H28N4O4S. The highest BCUT2D eigenvalue weighted by atomic mass is 32.2. The van der Waals surface area contributed by atoms with Gasteiger partial charge in [0, 0.05) is 22.7 Å². The molecule has 0 radical (unpaired) electrons. The number of aromatic nitrogens is 2. The second kappa shape index (κ2) is 11.7. The summed E-state index contributed by atoms with van der Waals surface area (Å²) in [5, 5.41) is 10.6. The van der Waals surface area contributed by atoms with Crippen LogP contribution in [-0.4, -0.2) is 37.5 Å². The van der Waals surface area contributed by atoms with Gasteiger partial charge in [-0.2, -0.15) is 5.26 Å². The summed E-state index contributed by atoms with van der Waals surface area (Å²) in [6.45, 7) is 3.29. The third kappa shape index (κ3) is 5.88. The number of carbonyl (C=O) groups is 1. The first kappa shape index (κ1) is 27.7. The van der Waals surface area contributed by atoms with E-state index in [9.17, 15) is 13.2 Å². The standard InChI is InChI=1S/C32H28N4O4S/c1-3-40-31(37)21-36(41(38,39)30-8-4-6-25-7-5-17-34-32(25)30)27-15-16-28-22(2)18-26(35-29(28)19-27)14-13-23-9-11-24(20-33)12-10-23/h4-12,15-19H,3,13-14,21H2,1-2H3. The average Bonchev–Trinajstić information content (AvgIpc) is 2.98. The molecule has 0 amide bonds. The molecule has 206 valence electrons. The van der Waals surface area contributed by atoms with Crippen molar-refractivity contribution >= 4 is 43.5 Å². The summed E-state index contributed by atoms with van der Waals surface area (Å²) in [7, 11) is -4.22. The largest absolute Gasteiger partial charge is 0.465 e. The highest BCUT2D eigenvalue weighted by Crippen LogP contribution is 2.31. The van der Waals surface area contributed by atoms with Crippen LogP contribution in [0, 0.1) is 18.3 Å². The Bertz CT molecular complexity index is 1890. The van der Waals surface area contributed by atoms with E-state index in [1.807, 2.05) is 31.2 Å². The van der Waals surface area contributed by atoms with Crippen molar-refractivity contribution in [1.82, 2.24) is 9.97 Å². The molecule has 0 aliphatic carbocycles. The number of hydrogen-bond donors (Lipinski definition) is 0. The molecule has 0 aliphatic heterocycles. The number of sulfonamides is 1. The Morgan fingerprint density at radius 3 is 2.54 bits per heavy atom. The van der Waals surface area contributed by atoms with Gasteiger partial charge >= 0.3 is 5.97 Å². The Labute approximate surface area is 238 Å². The lowest BCUT2D eigenvalue weighted by Crippen LogP contribution is -2.36. The number of aryl methyl sites for hydroxylation is 3. The fourth-order valence-electron chi connectivity index (χ4n) is 4.80. The zero-order chi connectivity index (χ0) is 29.0. The van der Waals surface area contributed by atoms with Gasteiger partial charge in [0.15, 0.2) is 0 Å². The Balaban J connectivity index is 1.54. The van der Waals surface area contributed by atoms with Crippen molar-refractivity contribution in [2.45, 2.75) is 31.6 Å². The first-order chi connectivity index (χ1) is 19.8. The molecule has 3 aromatic carbocycles. The fourth-order valence-corrected chi connectivity index (χ4v) is 6.37. The van der Waals surface area contributed by atoms with Gasteiger partial charge in [-0.15, -0.1) is 0 Å². The molecule has 0 fully saturated rings. The third-order valence-electron chi connectivity index (χ3n) is 6.84. The van der Waals surface area contributed by atoms with Crippen molar-refractivity contribution in [3.63, 3.8) is 0 Å². The van der Waals surface area contributed by atoms with Crippen molar-refractivity contribution in [1.29, 1.82) is 5.26 Å². The lowest BCUT2D eigenvalue weighted by Gasteiger charge is -2.24. The Morgan fingerprint density at radius 1 is 1.00 bits per heavy atom. The number of ether oxygens (including phenoxy) is 1. The van der Waals surface area contributed by atoms with Gasteiger partial charge in [-0.1, -0.05) is 36.4 Å². The van der Waals surface area contributed by atoms with Crippen LogP contribution in [0.5, 0.6) is 0 Å². The summed E-state index contributed by atoms with van der Waals surface area (Å²) in [6, 6.07) is 25.3. The van der Waals surface area contributed by atoms with E-state index in [-0.39, 0.29) is 11.5 Å². The summed E-state index contributed by atoms with van der Waals surface area (Å²) < 4.78 is 34.4. The summed E-state index contributed by atoms with van der Waals surface area (Å²) in [4.78, 5) is 21.8. The Hall–Kier alpha value is -4.81. The van der Waals surface area contributed by atoms with Crippen LogP contribution in [0.4, 0.5) is 5.69 Å². The summed E-state index contributed by atoms with van der Waals surface area (Å²) in [5.74, 6) is -0.662. The third-order valence-corrected chi connectivity index (χ3v) is 8.64. The summed E-state index contributed by atoms with van der Waals surface area (Å²) in [5.41, 5.74) is 4.81. The zero-order valence-corrected chi connectivity index (χ0v) is 23.6. The topological polar surface area (TPSA) is 113 Å². The predicted molar refractivity (Wildman–Crippen MR) is 158 cm³/mol. The van der Waals surface area contributed by atoms with Gasteiger partial charge in [0.05, 0.1) is 35.0 Å². The van der Waals surface area contributed by atoms with Gasteiger partial charge in [-0.3, -0.25) is 19.1 Å². The van der Waals surface area contributed by atoms with E-state index in [2.05, 4.69) is 11.1 Å². The number of rotatable bonds is 9. The van der Waals surface area contributed by atoms with Crippen LogP contribution in [0.25, 0.3) is 21.8 Å². The molecule has 8 nitrogen and oxygen atoms in total. The highest BCUT2D eigenvalue weighted by molar-refractivity contribution is 7.93. The second-order valence-corrected chi connectivity index (χ2v) is 11.4. The van der Waals surface area contributed by atoms with Crippen LogP contribution in [0.15, 0.2) is 90.0 Å². The Kier molecular flexibility index (Phi) is 7.95. The minimum Gasteiger partial charge on any atom is -0.465 e. The van der Waals surface area contributed by atoms with Gasteiger partial charge < -0.3 is 4.74 Å². The van der Waals surface area contributed by atoms with Gasteiger partial charge in [0.2, 0.25) is 0 Å². The SMILES string of the molecule is CCOC(=O)CN(c1ccc2c(C)cc(CCc3ccc(C#N)cc3)nc2c1)S(=O)(=O)c1cccc2cccnc12. The molecule has 0 atom stereocenters. The maximum absolute atomic E-state index is 14.1. The predicted octanol–water partition coefficient (Wildman–Crippen LogP) is 5.51. The van der Waals surface area contributed by atoms with Crippen LogP contribution in [0.2, 0.25) is 0 Å². The van der Waals surface area contributed by atoms with E-state index in [0.717, 1.165) is 32.9 Å². The summed E-state index contributed by atoms with van der Waals surface area (Å²) in [6.07, 6.45) is 2.94. The number of carbonyl (C=O) groups excluding carboxylic acids is 1. The van der Waals surface area contributed by atoms with E-state index in [1.165, 1.54) is 6.07 Å². The number of esters is 1. The zero-order valence-electron chi connectivity index (χ0n) is 22.7. The quantitative estimate of drug-likeness (QED) is 0.217. The molecule has 0 spiro atoms. The number of nitriles is 1. The Morgan fingerprint density at radius 2 is 1.78 bits per heavy atom. The lowest BCUT2D eigenvalue weighted by molar-refractivity contribution is -0.141. The van der Waals surface area contributed by atoms with Crippen molar-refractivity contribution in [3.05, 3.63) is 107 Å². The number of pyridine rings is 2. The number of fused-ring (bicyclic) bond motifs is 2. The van der Waals surface area contributed by atoms with Gasteiger partial charge in [0.1, 0.15) is 11.4 Å². The minimum absolute atomic E-state index is 0.000280. The molecule has 0 saturated heterocycles. The monoisotopic (exact) mass is 564 g/mol. The van der Waals surface area contributed by atoms with Crippen molar-refractivity contribution in [2.75, 3.05) is 17.5 Å².